The number of carbonyl (C=O) groups is 2. The van der Waals surface area contributed by atoms with Crippen molar-refractivity contribution in [2.24, 2.45) is 0 Å². The van der Waals surface area contributed by atoms with Gasteiger partial charge < -0.3 is 5.11 Å². The van der Waals surface area contributed by atoms with Crippen LogP contribution >= 0.6 is 0 Å². The van der Waals surface area contributed by atoms with Gasteiger partial charge in [-0.1, -0.05) is 12.1 Å². The molecule has 1 N–H and O–H groups in total. The number of sulfonamides is 1. The molecule has 0 heterocycles. The van der Waals surface area contributed by atoms with Crippen molar-refractivity contribution in [3.8, 4) is 0 Å². The van der Waals surface area contributed by atoms with Crippen LogP contribution in [0.25, 0.3) is 10.8 Å². The van der Waals surface area contributed by atoms with Gasteiger partial charge in [-0.2, -0.15) is 0 Å². The number of benzene rings is 3. The summed E-state index contributed by atoms with van der Waals surface area (Å²) >= 11 is 0. The number of carbonyl (C=O) groups excluding carboxylic acids is 1. The first-order valence-electron chi connectivity index (χ1n) is 9.02. The van der Waals surface area contributed by atoms with Gasteiger partial charge >= 0.3 is 5.97 Å². The van der Waals surface area contributed by atoms with Gasteiger partial charge in [0.2, 0.25) is 10.0 Å². The first kappa shape index (κ1) is 21.6. The Morgan fingerprint density at radius 2 is 1.70 bits per heavy atom. The highest BCUT2D eigenvalue weighted by atomic mass is 32.2. The third-order valence-corrected chi connectivity index (χ3v) is 6.61. The first-order chi connectivity index (χ1) is 14.0. The largest absolute Gasteiger partial charge is 0.481 e. The third kappa shape index (κ3) is 4.10. The molecule has 156 valence electrons. The zero-order valence-electron chi connectivity index (χ0n) is 16.6. The van der Waals surface area contributed by atoms with Gasteiger partial charge in [-0.05, 0) is 65.2 Å². The van der Waals surface area contributed by atoms with E-state index in [0.717, 1.165) is 4.31 Å². The number of ketones is 1. The lowest BCUT2D eigenvalue weighted by molar-refractivity contribution is -0.136. The van der Waals surface area contributed by atoms with Crippen LogP contribution in [-0.4, -0.2) is 43.7 Å². The van der Waals surface area contributed by atoms with Crippen LogP contribution in [0.15, 0.2) is 53.4 Å². The molecule has 3 aromatic carbocycles. The molecule has 0 atom stereocenters. The second-order valence-corrected chi connectivity index (χ2v) is 9.32. The van der Waals surface area contributed by atoms with Gasteiger partial charge in [-0.15, -0.1) is 0 Å². The molecule has 3 aromatic rings. The molecule has 0 aromatic heterocycles. The molecule has 0 fully saturated rings. The van der Waals surface area contributed by atoms with Gasteiger partial charge in [-0.25, -0.2) is 17.1 Å². The zero-order valence-corrected chi connectivity index (χ0v) is 17.5. The van der Waals surface area contributed by atoms with Crippen LogP contribution in [0.4, 0.5) is 4.39 Å². The van der Waals surface area contributed by atoms with Crippen molar-refractivity contribution in [3.05, 3.63) is 76.6 Å². The van der Waals surface area contributed by atoms with E-state index in [9.17, 15) is 22.4 Å². The standard InChI is InChI=1S/C22H20FNO5S/c1-13-8-17(30(28,29)24(2)3)6-7-18(13)22(27)20-10-14(11-21(25)26)9-15-4-5-16(23)12-19(15)20/h4-10,12H,11H2,1-3H3,(H,25,26). The van der Waals surface area contributed by atoms with E-state index in [1.165, 1.54) is 56.6 Å². The van der Waals surface area contributed by atoms with Crippen LogP contribution in [0.1, 0.15) is 27.0 Å². The lowest BCUT2D eigenvalue weighted by atomic mass is 9.92. The fraction of sp³-hybridized carbons (Fsp3) is 0.182. The first-order valence-corrected chi connectivity index (χ1v) is 10.5. The van der Waals surface area contributed by atoms with Crippen LogP contribution < -0.4 is 0 Å². The Morgan fingerprint density at radius 1 is 1.00 bits per heavy atom. The summed E-state index contributed by atoms with van der Waals surface area (Å²) in [5.41, 5.74) is 1.27. The summed E-state index contributed by atoms with van der Waals surface area (Å²) in [6.07, 6.45) is -0.285. The number of aliphatic carboxylic acids is 1. The lowest BCUT2D eigenvalue weighted by Gasteiger charge is -2.14. The molecule has 30 heavy (non-hydrogen) atoms. The highest BCUT2D eigenvalue weighted by Gasteiger charge is 2.21. The Labute approximate surface area is 173 Å². The normalized spacial score (nSPS) is 11.8. The summed E-state index contributed by atoms with van der Waals surface area (Å²) in [5.74, 6) is -2.01. The smallest absolute Gasteiger partial charge is 0.307 e. The van der Waals surface area contributed by atoms with E-state index in [0.29, 0.717) is 21.9 Å². The third-order valence-electron chi connectivity index (χ3n) is 4.80. The average Bonchev–Trinajstić information content (AvgIpc) is 2.66. The summed E-state index contributed by atoms with van der Waals surface area (Å²) in [4.78, 5) is 24.5. The second kappa shape index (κ2) is 7.97. The Morgan fingerprint density at radius 3 is 2.30 bits per heavy atom. The Balaban J connectivity index is 2.17. The van der Waals surface area contributed by atoms with Gasteiger partial charge in [0.25, 0.3) is 0 Å². The average molecular weight is 429 g/mol. The maximum Gasteiger partial charge on any atom is 0.307 e. The number of carboxylic acids is 1. The van der Waals surface area contributed by atoms with E-state index in [-0.39, 0.29) is 22.4 Å². The monoisotopic (exact) mass is 429 g/mol. The number of hydrogen-bond acceptors (Lipinski definition) is 4. The molecule has 0 aliphatic heterocycles. The van der Waals surface area contributed by atoms with Crippen LogP contribution in [0.5, 0.6) is 0 Å². The number of hydrogen-bond donors (Lipinski definition) is 1. The van der Waals surface area contributed by atoms with Gasteiger partial charge in [0, 0.05) is 25.2 Å². The summed E-state index contributed by atoms with van der Waals surface area (Å²) in [6.45, 7) is 1.62. The topological polar surface area (TPSA) is 91.8 Å². The number of rotatable bonds is 6. The lowest BCUT2D eigenvalue weighted by Crippen LogP contribution is -2.22. The van der Waals surface area contributed by atoms with E-state index in [1.807, 2.05) is 0 Å². The summed E-state index contributed by atoms with van der Waals surface area (Å²) in [5, 5.41) is 10.0. The molecule has 0 aliphatic rings. The molecule has 0 amide bonds. The van der Waals surface area contributed by atoms with Crippen molar-refractivity contribution < 1.29 is 27.5 Å². The zero-order chi connectivity index (χ0) is 22.2. The fourth-order valence-corrected chi connectivity index (χ4v) is 4.25. The van der Waals surface area contributed by atoms with Gasteiger partial charge in [0.05, 0.1) is 11.3 Å². The number of carboxylic acid groups (broad SMARTS) is 1. The SMILES string of the molecule is Cc1cc(S(=O)(=O)N(C)C)ccc1C(=O)c1cc(CC(=O)O)cc2ccc(F)cc12. The van der Waals surface area contributed by atoms with Crippen molar-refractivity contribution in [2.45, 2.75) is 18.2 Å². The number of aryl methyl sites for hydroxylation is 1. The molecule has 8 heteroatoms. The molecular weight excluding hydrogens is 409 g/mol. The van der Waals surface area contributed by atoms with Crippen molar-refractivity contribution >= 4 is 32.5 Å². The summed E-state index contributed by atoms with van der Waals surface area (Å²) in [6, 6.07) is 11.2. The molecule has 0 aliphatic carbocycles. The van der Waals surface area contributed by atoms with Crippen molar-refractivity contribution in [1.82, 2.24) is 4.31 Å². The predicted molar refractivity (Wildman–Crippen MR) is 111 cm³/mol. The minimum atomic E-state index is -3.66. The summed E-state index contributed by atoms with van der Waals surface area (Å²) < 4.78 is 39.6. The molecule has 6 nitrogen and oxygen atoms in total. The summed E-state index contributed by atoms with van der Waals surface area (Å²) in [7, 11) is -0.830. The Kier molecular flexibility index (Phi) is 5.74. The molecule has 0 spiro atoms. The van der Waals surface area contributed by atoms with E-state index in [4.69, 9.17) is 5.11 Å². The van der Waals surface area contributed by atoms with E-state index < -0.39 is 27.6 Å². The van der Waals surface area contributed by atoms with Crippen molar-refractivity contribution in [1.29, 1.82) is 0 Å². The maximum atomic E-state index is 13.9. The molecule has 0 saturated heterocycles. The van der Waals surface area contributed by atoms with Gasteiger partial charge in [0.15, 0.2) is 5.78 Å². The van der Waals surface area contributed by atoms with Crippen molar-refractivity contribution in [3.63, 3.8) is 0 Å². The molecule has 0 saturated carbocycles. The maximum absolute atomic E-state index is 13.9. The number of fused-ring (bicyclic) bond motifs is 1. The second-order valence-electron chi connectivity index (χ2n) is 7.17. The van der Waals surface area contributed by atoms with Crippen molar-refractivity contribution in [2.75, 3.05) is 14.1 Å². The van der Waals surface area contributed by atoms with E-state index in [2.05, 4.69) is 0 Å². The van der Waals surface area contributed by atoms with E-state index >= 15 is 0 Å². The highest BCUT2D eigenvalue weighted by Crippen LogP contribution is 2.27. The number of halogens is 1. The molecular formula is C22H20FNO5S. The highest BCUT2D eigenvalue weighted by molar-refractivity contribution is 7.89. The number of nitrogens with zero attached hydrogens (tertiary/aromatic N) is 1. The van der Waals surface area contributed by atoms with Gasteiger partial charge in [0.1, 0.15) is 5.82 Å². The minimum absolute atomic E-state index is 0.0529. The van der Waals surface area contributed by atoms with Crippen LogP contribution in [0, 0.1) is 12.7 Å². The minimum Gasteiger partial charge on any atom is -0.481 e. The quantitative estimate of drug-likeness (QED) is 0.607. The van der Waals surface area contributed by atoms with Crippen LogP contribution in [0.2, 0.25) is 0 Å². The fourth-order valence-electron chi connectivity index (χ4n) is 3.26. The molecule has 0 radical (unpaired) electrons. The Bertz CT molecular complexity index is 1280. The molecule has 3 rings (SSSR count). The van der Waals surface area contributed by atoms with Gasteiger partial charge in [-0.3, -0.25) is 9.59 Å². The van der Waals surface area contributed by atoms with Crippen LogP contribution in [0.3, 0.4) is 0 Å². The molecule has 0 bridgehead atoms. The predicted octanol–water partition coefficient (Wildman–Crippen LogP) is 3.40. The van der Waals surface area contributed by atoms with Crippen LogP contribution in [-0.2, 0) is 21.2 Å². The Hall–Kier alpha value is -3.10. The van der Waals surface area contributed by atoms with E-state index in [1.54, 1.807) is 13.0 Å². The molecule has 0 unspecified atom stereocenters.